The molecule has 0 amide bonds. The molecule has 110 valence electrons. The molecule has 1 aromatic carbocycles. The summed E-state index contributed by atoms with van der Waals surface area (Å²) in [5, 5.41) is 0. The Kier molecular flexibility index (Phi) is 6.15. The van der Waals surface area contributed by atoms with Gasteiger partial charge < -0.3 is 9.47 Å². The topological polar surface area (TPSA) is 52.6 Å². The molecule has 4 nitrogen and oxygen atoms in total. The predicted octanol–water partition coefficient (Wildman–Crippen LogP) is 2.42. The minimum Gasteiger partial charge on any atom is -0.465 e. The number of rotatable bonds is 6. The monoisotopic (exact) mass is 282 g/mol. The lowest BCUT2D eigenvalue weighted by Gasteiger charge is -2.14. The molecule has 1 aromatic rings. The fourth-order valence-electron chi connectivity index (χ4n) is 1.75. The van der Waals surface area contributed by atoms with E-state index in [1.165, 1.54) is 6.07 Å². The molecule has 0 radical (unpaired) electrons. The molecular weight excluding hydrogens is 263 g/mol. The summed E-state index contributed by atoms with van der Waals surface area (Å²) in [6.45, 7) is 5.32. The van der Waals surface area contributed by atoms with Crippen LogP contribution in [0.2, 0.25) is 0 Å². The first-order valence-corrected chi connectivity index (χ1v) is 6.57. The average molecular weight is 282 g/mol. The molecule has 0 N–H and O–H groups in total. The molecule has 0 bridgehead atoms. The van der Waals surface area contributed by atoms with Crippen LogP contribution in [0.4, 0.5) is 4.39 Å². The molecule has 0 heterocycles. The fraction of sp³-hybridized carbons (Fsp3) is 0.467. The van der Waals surface area contributed by atoms with E-state index >= 15 is 0 Å². The Morgan fingerprint density at radius 3 is 2.15 bits per heavy atom. The zero-order valence-corrected chi connectivity index (χ0v) is 11.9. The fourth-order valence-corrected chi connectivity index (χ4v) is 1.75. The van der Waals surface area contributed by atoms with Crippen LogP contribution in [-0.2, 0) is 25.5 Å². The van der Waals surface area contributed by atoms with E-state index in [4.69, 9.17) is 9.47 Å². The second-order valence-corrected chi connectivity index (χ2v) is 4.34. The maximum atomic E-state index is 13.5. The molecule has 1 rings (SSSR count). The molecule has 5 heteroatoms. The van der Waals surface area contributed by atoms with Crippen molar-refractivity contribution in [3.63, 3.8) is 0 Å². The standard InChI is InChI=1S/C15H19FO4/c1-4-19-14(17)12(15(18)20-5-2)8-11-7-6-10(3)13(16)9-11/h6-7,9,12H,4-5,8H2,1-3H3. The third kappa shape index (κ3) is 4.33. The third-order valence-corrected chi connectivity index (χ3v) is 2.82. The number of esters is 2. The van der Waals surface area contributed by atoms with Gasteiger partial charge in [-0.15, -0.1) is 0 Å². The highest BCUT2D eigenvalue weighted by Gasteiger charge is 2.29. The summed E-state index contributed by atoms with van der Waals surface area (Å²) in [5.41, 5.74) is 1.07. The molecule has 0 aromatic heterocycles. The van der Waals surface area contributed by atoms with Gasteiger partial charge in [0.25, 0.3) is 0 Å². The van der Waals surface area contributed by atoms with Crippen molar-refractivity contribution in [1.82, 2.24) is 0 Å². The van der Waals surface area contributed by atoms with Gasteiger partial charge in [0.15, 0.2) is 5.92 Å². The number of hydrogen-bond acceptors (Lipinski definition) is 4. The van der Waals surface area contributed by atoms with E-state index in [2.05, 4.69) is 0 Å². The van der Waals surface area contributed by atoms with Gasteiger partial charge in [-0.1, -0.05) is 12.1 Å². The van der Waals surface area contributed by atoms with Crippen LogP contribution < -0.4 is 0 Å². The normalized spacial score (nSPS) is 10.4. The summed E-state index contributed by atoms with van der Waals surface area (Å²) in [6, 6.07) is 4.61. The van der Waals surface area contributed by atoms with Crippen molar-refractivity contribution in [2.24, 2.45) is 5.92 Å². The summed E-state index contributed by atoms with van der Waals surface area (Å²) in [6.07, 6.45) is 0.0644. The van der Waals surface area contributed by atoms with Crippen molar-refractivity contribution < 1.29 is 23.5 Å². The van der Waals surface area contributed by atoms with Crippen LogP contribution in [0.3, 0.4) is 0 Å². The van der Waals surface area contributed by atoms with Crippen molar-refractivity contribution in [2.75, 3.05) is 13.2 Å². The van der Waals surface area contributed by atoms with Gasteiger partial charge >= 0.3 is 11.9 Å². The van der Waals surface area contributed by atoms with Crippen molar-refractivity contribution in [3.05, 3.63) is 35.1 Å². The summed E-state index contributed by atoms with van der Waals surface area (Å²) >= 11 is 0. The highest BCUT2D eigenvalue weighted by Crippen LogP contribution is 2.16. The smallest absolute Gasteiger partial charge is 0.320 e. The first kappa shape index (κ1) is 16.1. The molecule has 20 heavy (non-hydrogen) atoms. The highest BCUT2D eigenvalue weighted by molar-refractivity contribution is 5.95. The van der Waals surface area contributed by atoms with Crippen LogP contribution in [0.25, 0.3) is 0 Å². The molecule has 0 aliphatic carbocycles. The van der Waals surface area contributed by atoms with E-state index in [1.807, 2.05) is 0 Å². The Labute approximate surface area is 117 Å². The minimum absolute atomic E-state index is 0.0644. The lowest BCUT2D eigenvalue weighted by molar-refractivity contribution is -0.161. The molecule has 0 unspecified atom stereocenters. The molecular formula is C15H19FO4. The van der Waals surface area contributed by atoms with Crippen LogP contribution in [0.15, 0.2) is 18.2 Å². The Hall–Kier alpha value is -1.91. The zero-order valence-electron chi connectivity index (χ0n) is 11.9. The van der Waals surface area contributed by atoms with Gasteiger partial charge in [0, 0.05) is 0 Å². The van der Waals surface area contributed by atoms with Crippen LogP contribution >= 0.6 is 0 Å². The molecule has 0 saturated heterocycles. The van der Waals surface area contributed by atoms with E-state index in [0.29, 0.717) is 11.1 Å². The number of ether oxygens (including phenoxy) is 2. The molecule has 0 saturated carbocycles. The molecule has 0 spiro atoms. The van der Waals surface area contributed by atoms with E-state index < -0.39 is 17.9 Å². The lowest BCUT2D eigenvalue weighted by Crippen LogP contribution is -2.30. The number of aryl methyl sites for hydroxylation is 1. The lowest BCUT2D eigenvalue weighted by atomic mass is 9.98. The van der Waals surface area contributed by atoms with Crippen LogP contribution in [0.5, 0.6) is 0 Å². The van der Waals surface area contributed by atoms with Crippen molar-refractivity contribution in [3.8, 4) is 0 Å². The number of benzene rings is 1. The third-order valence-electron chi connectivity index (χ3n) is 2.82. The first-order valence-electron chi connectivity index (χ1n) is 6.57. The highest BCUT2D eigenvalue weighted by atomic mass is 19.1. The molecule has 0 atom stereocenters. The Morgan fingerprint density at radius 2 is 1.70 bits per heavy atom. The van der Waals surface area contributed by atoms with Crippen molar-refractivity contribution in [2.45, 2.75) is 27.2 Å². The molecule has 0 aliphatic heterocycles. The number of carbonyl (C=O) groups is 2. The van der Waals surface area contributed by atoms with E-state index in [1.54, 1.807) is 32.9 Å². The van der Waals surface area contributed by atoms with Gasteiger partial charge in [0.05, 0.1) is 13.2 Å². The molecule has 0 fully saturated rings. The van der Waals surface area contributed by atoms with Gasteiger partial charge in [-0.3, -0.25) is 9.59 Å². The number of hydrogen-bond donors (Lipinski definition) is 0. The van der Waals surface area contributed by atoms with Crippen LogP contribution in [0.1, 0.15) is 25.0 Å². The van der Waals surface area contributed by atoms with Crippen molar-refractivity contribution in [1.29, 1.82) is 0 Å². The Balaban J connectivity index is 2.90. The first-order chi connectivity index (χ1) is 9.49. The SMILES string of the molecule is CCOC(=O)C(Cc1ccc(C)c(F)c1)C(=O)OCC. The largest absolute Gasteiger partial charge is 0.465 e. The maximum Gasteiger partial charge on any atom is 0.320 e. The summed E-state index contributed by atoms with van der Waals surface area (Å²) < 4.78 is 23.2. The van der Waals surface area contributed by atoms with Crippen LogP contribution in [0, 0.1) is 18.7 Å². The second kappa shape index (κ2) is 7.62. The summed E-state index contributed by atoms with van der Waals surface area (Å²) in [5.74, 6) is -2.72. The van der Waals surface area contributed by atoms with Gasteiger partial charge in [-0.2, -0.15) is 0 Å². The minimum atomic E-state index is -1.06. The quantitative estimate of drug-likeness (QED) is 0.594. The Morgan fingerprint density at radius 1 is 1.15 bits per heavy atom. The van der Waals surface area contributed by atoms with E-state index in [0.717, 1.165) is 0 Å². The van der Waals surface area contributed by atoms with Gasteiger partial charge in [0.1, 0.15) is 5.82 Å². The Bertz CT molecular complexity index is 467. The van der Waals surface area contributed by atoms with Gasteiger partial charge in [0.2, 0.25) is 0 Å². The van der Waals surface area contributed by atoms with E-state index in [9.17, 15) is 14.0 Å². The number of carbonyl (C=O) groups excluding carboxylic acids is 2. The predicted molar refractivity (Wildman–Crippen MR) is 71.6 cm³/mol. The zero-order chi connectivity index (χ0) is 15.1. The maximum absolute atomic E-state index is 13.5. The van der Waals surface area contributed by atoms with Gasteiger partial charge in [-0.25, -0.2) is 4.39 Å². The average Bonchev–Trinajstić information content (AvgIpc) is 2.40. The number of halogens is 1. The van der Waals surface area contributed by atoms with Crippen molar-refractivity contribution >= 4 is 11.9 Å². The van der Waals surface area contributed by atoms with Gasteiger partial charge in [-0.05, 0) is 44.4 Å². The summed E-state index contributed by atoms with van der Waals surface area (Å²) in [7, 11) is 0. The van der Waals surface area contributed by atoms with E-state index in [-0.39, 0.29) is 25.5 Å². The summed E-state index contributed by atoms with van der Waals surface area (Å²) in [4.78, 5) is 23.6. The van der Waals surface area contributed by atoms with Crippen LogP contribution in [-0.4, -0.2) is 25.2 Å². The molecule has 0 aliphatic rings. The second-order valence-electron chi connectivity index (χ2n) is 4.34.